The summed E-state index contributed by atoms with van der Waals surface area (Å²) in [4.78, 5) is 0. The summed E-state index contributed by atoms with van der Waals surface area (Å²) in [5.41, 5.74) is 0.805. The van der Waals surface area contributed by atoms with Gasteiger partial charge in [-0.3, -0.25) is 0 Å². The third kappa shape index (κ3) is 1.49. The Morgan fingerprint density at radius 2 is 1.89 bits per heavy atom. The van der Waals surface area contributed by atoms with Gasteiger partial charge >= 0.3 is 0 Å². The molecule has 0 unspecified atom stereocenters. The molecule has 1 aliphatic carbocycles. The summed E-state index contributed by atoms with van der Waals surface area (Å²) in [6.45, 7) is 4.51. The van der Waals surface area contributed by atoms with E-state index in [1.165, 1.54) is 5.56 Å². The van der Waals surface area contributed by atoms with Gasteiger partial charge in [-0.05, 0) is 36.0 Å². The number of hydrogen-bond donors (Lipinski definition) is 1. The zero-order valence-corrected chi connectivity index (χ0v) is 11.6. The first-order chi connectivity index (χ1) is 8.45. The second kappa shape index (κ2) is 3.72. The number of aliphatic hydroxyl groups excluding tert-OH is 1. The minimum absolute atomic E-state index is 0.0637. The van der Waals surface area contributed by atoms with Gasteiger partial charge in [-0.15, -0.1) is 0 Å². The fourth-order valence-corrected chi connectivity index (χ4v) is 3.75. The van der Waals surface area contributed by atoms with Gasteiger partial charge in [0.2, 0.25) is 0 Å². The summed E-state index contributed by atoms with van der Waals surface area (Å²) < 4.78 is 6.04. The van der Waals surface area contributed by atoms with Crippen molar-refractivity contribution in [3.8, 4) is 0 Å². The van der Waals surface area contributed by atoms with E-state index in [0.717, 1.165) is 24.3 Å². The summed E-state index contributed by atoms with van der Waals surface area (Å²) in [5.74, 6) is 0. The molecule has 0 bridgehead atoms. The molecule has 1 aliphatic heterocycles. The van der Waals surface area contributed by atoms with Crippen LogP contribution in [-0.4, -0.2) is 22.9 Å². The molecule has 0 aromatic heterocycles. The van der Waals surface area contributed by atoms with Crippen molar-refractivity contribution >= 4 is 11.6 Å². The second-order valence-corrected chi connectivity index (χ2v) is 6.71. The number of benzene rings is 1. The van der Waals surface area contributed by atoms with Gasteiger partial charge < -0.3 is 9.84 Å². The molecule has 2 nitrogen and oxygen atoms in total. The Morgan fingerprint density at radius 1 is 1.22 bits per heavy atom. The summed E-state index contributed by atoms with van der Waals surface area (Å²) in [7, 11) is 0. The van der Waals surface area contributed by atoms with Crippen molar-refractivity contribution in [2.24, 2.45) is 5.41 Å². The molecule has 0 amide bonds. The summed E-state index contributed by atoms with van der Waals surface area (Å²) in [6.07, 6.45) is 3.01. The fraction of sp³-hybridized carbons (Fsp3) is 0.600. The van der Waals surface area contributed by atoms with E-state index in [1.54, 1.807) is 0 Å². The van der Waals surface area contributed by atoms with E-state index in [2.05, 4.69) is 13.8 Å². The number of fused-ring (bicyclic) bond motifs is 1. The Kier molecular flexibility index (Phi) is 2.58. The maximum Gasteiger partial charge on any atom is 0.126 e. The highest BCUT2D eigenvalue weighted by atomic mass is 35.5. The fourth-order valence-electron chi connectivity index (χ4n) is 3.62. The quantitative estimate of drug-likeness (QED) is 0.853. The Hall–Kier alpha value is -0.570. The highest BCUT2D eigenvalue weighted by molar-refractivity contribution is 6.30. The van der Waals surface area contributed by atoms with Crippen molar-refractivity contribution in [1.29, 1.82) is 0 Å². The minimum atomic E-state index is -0.334. The second-order valence-electron chi connectivity index (χ2n) is 6.27. The maximum absolute atomic E-state index is 9.74. The number of rotatable bonds is 3. The molecule has 18 heavy (non-hydrogen) atoms. The predicted molar refractivity (Wildman–Crippen MR) is 71.8 cm³/mol. The molecule has 2 aliphatic rings. The Balaban J connectivity index is 1.85. The van der Waals surface area contributed by atoms with Crippen LogP contribution >= 0.6 is 11.6 Å². The maximum atomic E-state index is 9.74. The molecule has 3 heteroatoms. The smallest absolute Gasteiger partial charge is 0.126 e. The van der Waals surface area contributed by atoms with Crippen LogP contribution in [0.3, 0.4) is 0 Å². The zero-order chi connectivity index (χ0) is 13.0. The Morgan fingerprint density at radius 3 is 2.44 bits per heavy atom. The van der Waals surface area contributed by atoms with Gasteiger partial charge in [-0.25, -0.2) is 0 Å². The minimum Gasteiger partial charge on any atom is -0.393 e. The van der Waals surface area contributed by atoms with E-state index in [9.17, 15) is 5.11 Å². The molecule has 1 aromatic carbocycles. The average Bonchev–Trinajstić information content (AvgIpc) is 2.95. The van der Waals surface area contributed by atoms with Crippen molar-refractivity contribution in [2.75, 3.05) is 6.61 Å². The molecule has 1 heterocycles. The van der Waals surface area contributed by atoms with Gasteiger partial charge in [0.25, 0.3) is 0 Å². The van der Waals surface area contributed by atoms with Gasteiger partial charge in [0.05, 0.1) is 6.61 Å². The van der Waals surface area contributed by atoms with Gasteiger partial charge in [-0.1, -0.05) is 37.6 Å². The number of aliphatic hydroxyl groups is 1. The molecule has 1 aromatic rings. The number of ether oxygens (including phenoxy) is 1. The van der Waals surface area contributed by atoms with Crippen molar-refractivity contribution in [1.82, 2.24) is 0 Å². The van der Waals surface area contributed by atoms with Crippen LogP contribution in [0.4, 0.5) is 0 Å². The van der Waals surface area contributed by atoms with Crippen LogP contribution in [0.15, 0.2) is 24.3 Å². The lowest BCUT2D eigenvalue weighted by molar-refractivity contribution is 0.0595. The highest BCUT2D eigenvalue weighted by Crippen LogP contribution is 2.68. The summed E-state index contributed by atoms with van der Waals surface area (Å²) in [6, 6.07) is 7.92. The van der Waals surface area contributed by atoms with E-state index in [4.69, 9.17) is 16.3 Å². The van der Waals surface area contributed by atoms with Crippen molar-refractivity contribution in [3.63, 3.8) is 0 Å². The standard InChI is InChI=1S/C15H19ClO2/c1-13(2)7-8-14(15(13,10-17)18-14)9-11-3-5-12(16)6-4-11/h3-6,17H,7-10H2,1-2H3/t14-,15-/m0/s1. The van der Waals surface area contributed by atoms with Crippen LogP contribution in [0.2, 0.25) is 5.02 Å². The van der Waals surface area contributed by atoms with Crippen molar-refractivity contribution in [3.05, 3.63) is 34.9 Å². The van der Waals surface area contributed by atoms with Gasteiger partial charge in [-0.2, -0.15) is 0 Å². The van der Waals surface area contributed by atoms with Gasteiger partial charge in [0, 0.05) is 11.4 Å². The molecule has 1 saturated heterocycles. The van der Waals surface area contributed by atoms with E-state index < -0.39 is 0 Å². The van der Waals surface area contributed by atoms with Crippen molar-refractivity contribution in [2.45, 2.75) is 44.3 Å². The van der Waals surface area contributed by atoms with Crippen LogP contribution in [0.1, 0.15) is 32.3 Å². The van der Waals surface area contributed by atoms with Crippen LogP contribution < -0.4 is 0 Å². The zero-order valence-electron chi connectivity index (χ0n) is 10.9. The number of hydrogen-bond acceptors (Lipinski definition) is 2. The number of epoxide rings is 1. The number of halogens is 1. The van der Waals surface area contributed by atoms with Crippen LogP contribution in [0, 0.1) is 5.41 Å². The molecule has 3 rings (SSSR count). The van der Waals surface area contributed by atoms with E-state index in [-0.39, 0.29) is 23.2 Å². The van der Waals surface area contributed by atoms with E-state index >= 15 is 0 Å². The molecule has 0 spiro atoms. The van der Waals surface area contributed by atoms with Crippen LogP contribution in [-0.2, 0) is 11.2 Å². The monoisotopic (exact) mass is 266 g/mol. The summed E-state index contributed by atoms with van der Waals surface area (Å²) in [5, 5.41) is 10.5. The molecule has 1 saturated carbocycles. The lowest BCUT2D eigenvalue weighted by Crippen LogP contribution is -2.37. The van der Waals surface area contributed by atoms with Gasteiger partial charge in [0.1, 0.15) is 11.2 Å². The van der Waals surface area contributed by atoms with Crippen molar-refractivity contribution < 1.29 is 9.84 Å². The molecule has 1 N–H and O–H groups in total. The first kappa shape index (κ1) is 12.5. The average molecular weight is 267 g/mol. The highest BCUT2D eigenvalue weighted by Gasteiger charge is 2.78. The Labute approximate surface area is 113 Å². The first-order valence-electron chi connectivity index (χ1n) is 6.50. The third-order valence-corrected chi connectivity index (χ3v) is 5.19. The van der Waals surface area contributed by atoms with Gasteiger partial charge in [0.15, 0.2) is 0 Å². The predicted octanol–water partition coefficient (Wildman–Crippen LogP) is 3.20. The lowest BCUT2D eigenvalue weighted by Gasteiger charge is -2.26. The molecular formula is C15H19ClO2. The molecule has 2 atom stereocenters. The van der Waals surface area contributed by atoms with E-state index in [1.807, 2.05) is 24.3 Å². The normalized spacial score (nSPS) is 36.4. The topological polar surface area (TPSA) is 32.8 Å². The summed E-state index contributed by atoms with van der Waals surface area (Å²) >= 11 is 5.90. The molecular weight excluding hydrogens is 248 g/mol. The van der Waals surface area contributed by atoms with E-state index in [0.29, 0.717) is 0 Å². The van der Waals surface area contributed by atoms with Crippen LogP contribution in [0.25, 0.3) is 0 Å². The molecule has 0 radical (unpaired) electrons. The van der Waals surface area contributed by atoms with Crippen LogP contribution in [0.5, 0.6) is 0 Å². The largest absolute Gasteiger partial charge is 0.393 e. The third-order valence-electron chi connectivity index (χ3n) is 4.94. The Bertz CT molecular complexity index is 468. The molecule has 2 fully saturated rings. The lowest BCUT2D eigenvalue weighted by atomic mass is 9.77. The molecule has 98 valence electrons. The SMILES string of the molecule is CC1(C)CC[C@@]2(Cc3ccc(Cl)cc3)O[C@@]12CO. The first-order valence-corrected chi connectivity index (χ1v) is 6.88.